The number of aliphatic imine (C=N–C) groups is 1. The van der Waals surface area contributed by atoms with Crippen molar-refractivity contribution < 1.29 is 21.6 Å². The summed E-state index contributed by atoms with van der Waals surface area (Å²) in [5, 5.41) is -0.00285. The molecule has 0 saturated carbocycles. The van der Waals surface area contributed by atoms with Gasteiger partial charge in [0, 0.05) is 35.4 Å². The van der Waals surface area contributed by atoms with Gasteiger partial charge in [0.05, 0.1) is 16.4 Å². The Bertz CT molecular complexity index is 1040. The second kappa shape index (κ2) is 9.27. The van der Waals surface area contributed by atoms with Crippen LogP contribution in [0.3, 0.4) is 0 Å². The molecule has 1 aromatic heterocycles. The first-order chi connectivity index (χ1) is 13.6. The van der Waals surface area contributed by atoms with Crippen LogP contribution in [0.5, 0.6) is 0 Å². The fourth-order valence-corrected chi connectivity index (χ4v) is 3.15. The lowest BCUT2D eigenvalue weighted by atomic mass is 10.1. The smallest absolute Gasteiger partial charge is 0.404 e. The highest BCUT2D eigenvalue weighted by atomic mass is 35.5. The average Bonchev–Trinajstić information content (AvgIpc) is 2.63. The number of aromatic nitrogens is 1. The van der Waals surface area contributed by atoms with Crippen LogP contribution in [-0.4, -0.2) is 25.1 Å². The number of halogens is 4. The second-order valence-electron chi connectivity index (χ2n) is 5.88. The summed E-state index contributed by atoms with van der Waals surface area (Å²) in [6.07, 6.45) is 6.07. The molecule has 0 radical (unpaired) electrons. The van der Waals surface area contributed by atoms with Crippen molar-refractivity contribution in [2.24, 2.45) is 10.7 Å². The molecule has 0 saturated heterocycles. The number of nitrogens with zero attached hydrogens (tertiary/aromatic N) is 2. The molecule has 0 fully saturated rings. The van der Waals surface area contributed by atoms with Crippen molar-refractivity contribution in [3.8, 4) is 0 Å². The summed E-state index contributed by atoms with van der Waals surface area (Å²) in [5.41, 5.74) is 2.16. The summed E-state index contributed by atoms with van der Waals surface area (Å²) in [7, 11) is -5.54. The molecule has 29 heavy (non-hydrogen) atoms. The fraction of sp³-hybridized carbons (Fsp3) is 0.222. The van der Waals surface area contributed by atoms with E-state index in [0.29, 0.717) is 16.8 Å². The van der Waals surface area contributed by atoms with Crippen LogP contribution >= 0.6 is 11.6 Å². The van der Waals surface area contributed by atoms with E-state index in [9.17, 15) is 21.6 Å². The van der Waals surface area contributed by atoms with E-state index in [2.05, 4.69) is 9.98 Å². The summed E-state index contributed by atoms with van der Waals surface area (Å²) in [4.78, 5) is 8.55. The Balaban J connectivity index is 2.25. The molecule has 2 aromatic rings. The number of benzene rings is 1. The van der Waals surface area contributed by atoms with Crippen molar-refractivity contribution in [3.63, 3.8) is 0 Å². The number of nitrogens with one attached hydrogen (secondary N) is 1. The molecule has 156 valence electrons. The molecule has 0 aliphatic heterocycles. The quantitative estimate of drug-likeness (QED) is 0.605. The summed E-state index contributed by atoms with van der Waals surface area (Å²) in [6.45, 7) is 2.04. The third kappa shape index (κ3) is 5.94. The average molecular weight is 447 g/mol. The van der Waals surface area contributed by atoms with Gasteiger partial charge in [0.15, 0.2) is 0 Å². The molecule has 0 unspecified atom stereocenters. The van der Waals surface area contributed by atoms with Crippen LogP contribution in [-0.2, 0) is 16.4 Å². The first kappa shape index (κ1) is 22.7. The van der Waals surface area contributed by atoms with E-state index in [4.69, 9.17) is 17.3 Å². The van der Waals surface area contributed by atoms with Crippen molar-refractivity contribution in [1.29, 1.82) is 0 Å². The second-order valence-corrected chi connectivity index (χ2v) is 7.96. The number of hydrogen-bond donors (Lipinski definition) is 2. The summed E-state index contributed by atoms with van der Waals surface area (Å²) in [5.74, 6) is 0. The summed E-state index contributed by atoms with van der Waals surface area (Å²) < 4.78 is 61.3. The highest BCUT2D eigenvalue weighted by Crippen LogP contribution is 2.30. The number of anilines is 1. The Morgan fingerprint density at radius 2 is 2.03 bits per heavy atom. The van der Waals surface area contributed by atoms with Crippen molar-refractivity contribution in [1.82, 2.24) is 4.98 Å². The van der Waals surface area contributed by atoms with Gasteiger partial charge in [-0.3, -0.25) is 14.7 Å². The van der Waals surface area contributed by atoms with Crippen molar-refractivity contribution in [3.05, 3.63) is 59.0 Å². The lowest BCUT2D eigenvalue weighted by Gasteiger charge is -2.12. The van der Waals surface area contributed by atoms with Crippen molar-refractivity contribution >= 4 is 44.8 Å². The zero-order chi connectivity index (χ0) is 21.7. The molecule has 2 rings (SSSR count). The van der Waals surface area contributed by atoms with E-state index in [1.165, 1.54) is 23.2 Å². The van der Waals surface area contributed by atoms with Gasteiger partial charge in [0.2, 0.25) is 0 Å². The molecule has 6 nitrogen and oxygen atoms in total. The number of nitrogens with two attached hydrogens (primary N) is 1. The minimum atomic E-state index is -5.54. The van der Waals surface area contributed by atoms with Gasteiger partial charge in [0.1, 0.15) is 0 Å². The molecule has 0 aliphatic carbocycles. The number of hydrogen-bond acceptors (Lipinski definition) is 5. The molecular weight excluding hydrogens is 429 g/mol. The Hall–Kier alpha value is -2.59. The monoisotopic (exact) mass is 446 g/mol. The normalized spacial score (nSPS) is 13.1. The predicted molar refractivity (Wildman–Crippen MR) is 109 cm³/mol. The number of alkyl halides is 3. The van der Waals surface area contributed by atoms with Gasteiger partial charge in [-0.15, -0.1) is 0 Å². The predicted octanol–water partition coefficient (Wildman–Crippen LogP) is 4.65. The summed E-state index contributed by atoms with van der Waals surface area (Å²) >= 11 is 6.11. The highest BCUT2D eigenvalue weighted by molar-refractivity contribution is 7.93. The molecule has 3 N–H and O–H groups in total. The molecule has 0 spiro atoms. The number of pyridine rings is 1. The maximum atomic E-state index is 12.5. The van der Waals surface area contributed by atoms with Gasteiger partial charge in [-0.05, 0) is 30.7 Å². The van der Waals surface area contributed by atoms with Crippen LogP contribution in [0, 0.1) is 0 Å². The minimum absolute atomic E-state index is 0.00285. The van der Waals surface area contributed by atoms with E-state index >= 15 is 0 Å². The van der Waals surface area contributed by atoms with Gasteiger partial charge in [-0.2, -0.15) is 21.6 Å². The number of allylic oxidation sites excluding steroid dienone is 1. The highest BCUT2D eigenvalue weighted by Gasteiger charge is 2.46. The third-order valence-electron chi connectivity index (χ3n) is 3.68. The molecule has 1 heterocycles. The standard InChI is InChI=1S/C18H18ClF3N4O2S/c1-2-3-13-8-14(6-7-24-13)25-11-12(10-23)16-5-4-15(9-17(16)19)26-29(27,28)18(20,21)22/h4-11,26H,2-3,23H2,1H3/b12-10+,25-11?. The number of aryl methyl sites for hydroxylation is 1. The lowest BCUT2D eigenvalue weighted by molar-refractivity contribution is -0.0429. The molecule has 0 amide bonds. The van der Waals surface area contributed by atoms with Crippen LogP contribution in [0.1, 0.15) is 24.6 Å². The van der Waals surface area contributed by atoms with Gasteiger partial charge < -0.3 is 5.73 Å². The van der Waals surface area contributed by atoms with Gasteiger partial charge in [-0.25, -0.2) is 0 Å². The van der Waals surface area contributed by atoms with Crippen molar-refractivity contribution in [2.75, 3.05) is 4.72 Å². The van der Waals surface area contributed by atoms with E-state index in [-0.39, 0.29) is 10.7 Å². The van der Waals surface area contributed by atoms with Crippen LogP contribution in [0.4, 0.5) is 24.5 Å². The van der Waals surface area contributed by atoms with E-state index < -0.39 is 15.5 Å². The Morgan fingerprint density at radius 1 is 1.31 bits per heavy atom. The first-order valence-corrected chi connectivity index (χ1v) is 10.2. The van der Waals surface area contributed by atoms with E-state index in [1.54, 1.807) is 12.3 Å². The summed E-state index contributed by atoms with van der Waals surface area (Å²) in [6, 6.07) is 7.08. The molecule has 0 bridgehead atoms. The Labute approximate surface area is 171 Å². The zero-order valence-electron chi connectivity index (χ0n) is 15.2. The lowest BCUT2D eigenvalue weighted by Crippen LogP contribution is -2.29. The molecule has 0 atom stereocenters. The topological polar surface area (TPSA) is 97.4 Å². The fourth-order valence-electron chi connectivity index (χ4n) is 2.31. The van der Waals surface area contributed by atoms with E-state index in [0.717, 1.165) is 30.7 Å². The van der Waals surface area contributed by atoms with E-state index in [1.807, 2.05) is 13.0 Å². The van der Waals surface area contributed by atoms with Crippen LogP contribution in [0.2, 0.25) is 5.02 Å². The van der Waals surface area contributed by atoms with Gasteiger partial charge >= 0.3 is 15.5 Å². The number of sulfonamides is 1. The van der Waals surface area contributed by atoms with Crippen LogP contribution < -0.4 is 10.5 Å². The Kier molecular flexibility index (Phi) is 7.26. The maximum Gasteiger partial charge on any atom is 0.516 e. The van der Waals surface area contributed by atoms with Gasteiger partial charge in [0.25, 0.3) is 0 Å². The molecule has 0 aliphatic rings. The largest absolute Gasteiger partial charge is 0.516 e. The molecule has 1 aromatic carbocycles. The SMILES string of the molecule is CCCc1cc(N=C/C(=C\N)c2ccc(NS(=O)(=O)C(F)(F)F)cc2Cl)ccn1. The van der Waals surface area contributed by atoms with Crippen molar-refractivity contribution in [2.45, 2.75) is 25.3 Å². The van der Waals surface area contributed by atoms with Gasteiger partial charge in [-0.1, -0.05) is 31.0 Å². The third-order valence-corrected chi connectivity index (χ3v) is 5.10. The van der Waals surface area contributed by atoms with Crippen LogP contribution in [0.25, 0.3) is 5.57 Å². The first-order valence-electron chi connectivity index (χ1n) is 8.37. The zero-order valence-corrected chi connectivity index (χ0v) is 16.8. The maximum absolute atomic E-state index is 12.5. The number of rotatable bonds is 7. The molecular formula is C18H18ClF3N4O2S. The Morgan fingerprint density at radius 3 is 2.62 bits per heavy atom. The minimum Gasteiger partial charge on any atom is -0.404 e. The molecule has 11 heteroatoms. The van der Waals surface area contributed by atoms with Crippen LogP contribution in [0.15, 0.2) is 47.7 Å².